The van der Waals surface area contributed by atoms with Crippen LogP contribution in [0.2, 0.25) is 0 Å². The molecular weight excluding hydrogens is 394 g/mol. The van der Waals surface area contributed by atoms with Crippen LogP contribution in [0.3, 0.4) is 0 Å². The van der Waals surface area contributed by atoms with Gasteiger partial charge in [-0.1, -0.05) is 45.2 Å². The van der Waals surface area contributed by atoms with Crippen LogP contribution in [0.1, 0.15) is 65.2 Å². The third-order valence-corrected chi connectivity index (χ3v) is 6.98. The summed E-state index contributed by atoms with van der Waals surface area (Å²) in [5.41, 5.74) is 0.764. The van der Waals surface area contributed by atoms with Gasteiger partial charge in [0.1, 0.15) is 0 Å². The van der Waals surface area contributed by atoms with Gasteiger partial charge >= 0.3 is 0 Å². The number of unbranched alkanes of at least 4 members (excludes halogenated alkanes) is 1. The van der Waals surface area contributed by atoms with E-state index in [1.54, 1.807) is 4.57 Å². The molecule has 0 saturated heterocycles. The maximum Gasteiger partial charge on any atom is 0.262 e. The normalized spacial score (nSPS) is 20.2. The lowest BCUT2D eigenvalue weighted by atomic mass is 9.81. The largest absolute Gasteiger partial charge is 0.356 e. The molecule has 1 atom stereocenters. The van der Waals surface area contributed by atoms with Crippen molar-refractivity contribution in [3.05, 3.63) is 39.4 Å². The van der Waals surface area contributed by atoms with Crippen molar-refractivity contribution in [2.24, 2.45) is 17.8 Å². The van der Waals surface area contributed by atoms with Crippen molar-refractivity contribution in [1.82, 2.24) is 14.9 Å². The van der Waals surface area contributed by atoms with Crippen molar-refractivity contribution >= 4 is 29.0 Å². The molecule has 1 aliphatic rings. The van der Waals surface area contributed by atoms with Crippen molar-refractivity contribution in [1.29, 1.82) is 0 Å². The molecule has 1 heterocycles. The Balaban J connectivity index is 1.54. The summed E-state index contributed by atoms with van der Waals surface area (Å²) in [6.45, 7) is 5.85. The number of fused-ring (bicyclic) bond motifs is 1. The van der Waals surface area contributed by atoms with Crippen molar-refractivity contribution in [3.8, 4) is 0 Å². The molecule has 164 valence electrons. The number of carbonyl (C=O) groups is 1. The highest BCUT2D eigenvalue weighted by atomic mass is 32.1. The van der Waals surface area contributed by atoms with E-state index in [9.17, 15) is 9.59 Å². The van der Waals surface area contributed by atoms with Gasteiger partial charge in [0, 0.05) is 19.0 Å². The highest BCUT2D eigenvalue weighted by Crippen LogP contribution is 2.30. The molecule has 1 aliphatic carbocycles. The van der Waals surface area contributed by atoms with Crippen LogP contribution in [0.15, 0.2) is 29.1 Å². The first-order valence-corrected chi connectivity index (χ1v) is 11.9. The van der Waals surface area contributed by atoms with Gasteiger partial charge in [-0.25, -0.2) is 0 Å². The van der Waals surface area contributed by atoms with Crippen molar-refractivity contribution in [2.45, 2.75) is 71.8 Å². The second kappa shape index (κ2) is 10.9. The molecule has 1 saturated carbocycles. The summed E-state index contributed by atoms with van der Waals surface area (Å²) in [4.78, 5) is 28.7. The summed E-state index contributed by atoms with van der Waals surface area (Å²) in [5.74, 6) is 1.29. The van der Waals surface area contributed by atoms with E-state index in [2.05, 4.69) is 24.1 Å². The summed E-state index contributed by atoms with van der Waals surface area (Å²) in [6, 6.07) is 7.49. The van der Waals surface area contributed by atoms with E-state index in [-0.39, 0.29) is 17.4 Å². The highest BCUT2D eigenvalue weighted by Gasteiger charge is 2.27. The SMILES string of the molecule is CCCC[C@@H](CC)CNC(=O)C1CCC(Cn2c(=S)[nH]c3ccccc3c2=O)CC1. The molecule has 0 radical (unpaired) electrons. The van der Waals surface area contributed by atoms with Gasteiger partial charge in [0.15, 0.2) is 4.77 Å². The van der Waals surface area contributed by atoms with Gasteiger partial charge in [0.05, 0.1) is 10.9 Å². The smallest absolute Gasteiger partial charge is 0.262 e. The minimum absolute atomic E-state index is 0.0214. The first-order chi connectivity index (χ1) is 14.5. The van der Waals surface area contributed by atoms with Crippen molar-refractivity contribution in [2.75, 3.05) is 6.54 Å². The van der Waals surface area contributed by atoms with Gasteiger partial charge in [0.2, 0.25) is 5.91 Å². The van der Waals surface area contributed by atoms with Gasteiger partial charge in [-0.05, 0) is 68.3 Å². The average molecular weight is 430 g/mol. The maximum absolute atomic E-state index is 12.9. The molecule has 1 fully saturated rings. The van der Waals surface area contributed by atoms with Gasteiger partial charge in [-0.3, -0.25) is 14.2 Å². The van der Waals surface area contributed by atoms with Crippen LogP contribution < -0.4 is 10.9 Å². The number of para-hydroxylation sites is 1. The van der Waals surface area contributed by atoms with Gasteiger partial charge in [0.25, 0.3) is 5.56 Å². The van der Waals surface area contributed by atoms with Gasteiger partial charge in [-0.2, -0.15) is 0 Å². The van der Waals surface area contributed by atoms with Crippen LogP contribution >= 0.6 is 12.2 Å². The second-order valence-electron chi connectivity index (χ2n) is 8.77. The van der Waals surface area contributed by atoms with Crippen LogP contribution in [0.4, 0.5) is 0 Å². The number of benzene rings is 1. The van der Waals surface area contributed by atoms with E-state index in [1.807, 2.05) is 24.3 Å². The molecular formula is C24H35N3O2S. The van der Waals surface area contributed by atoms with Crippen LogP contribution in [0, 0.1) is 22.5 Å². The Kier molecular flexibility index (Phi) is 8.25. The second-order valence-corrected chi connectivity index (χ2v) is 9.16. The average Bonchev–Trinajstić information content (AvgIpc) is 2.77. The molecule has 0 aliphatic heterocycles. The van der Waals surface area contributed by atoms with E-state index in [0.717, 1.165) is 44.2 Å². The van der Waals surface area contributed by atoms with Crippen LogP contribution in [0.25, 0.3) is 10.9 Å². The fourth-order valence-corrected chi connectivity index (χ4v) is 4.83. The number of H-pyrrole nitrogens is 1. The topological polar surface area (TPSA) is 66.9 Å². The number of hydrogen-bond donors (Lipinski definition) is 2. The quantitative estimate of drug-likeness (QED) is 0.539. The molecule has 0 bridgehead atoms. The number of carbonyl (C=O) groups excluding carboxylic acids is 1. The van der Waals surface area contributed by atoms with E-state index in [1.165, 1.54) is 19.3 Å². The van der Waals surface area contributed by atoms with Crippen LogP contribution in [0.5, 0.6) is 0 Å². The molecule has 5 nitrogen and oxygen atoms in total. The zero-order valence-electron chi connectivity index (χ0n) is 18.3. The van der Waals surface area contributed by atoms with Crippen molar-refractivity contribution in [3.63, 3.8) is 0 Å². The van der Waals surface area contributed by atoms with Crippen LogP contribution in [-0.2, 0) is 11.3 Å². The lowest BCUT2D eigenvalue weighted by Gasteiger charge is -2.28. The first-order valence-electron chi connectivity index (χ1n) is 11.5. The number of hydrogen-bond acceptors (Lipinski definition) is 3. The molecule has 3 rings (SSSR count). The molecule has 1 aromatic carbocycles. The minimum Gasteiger partial charge on any atom is -0.356 e. The standard InChI is InChI=1S/C24H35N3O2S/c1-3-5-8-17(4-2)15-25-22(28)19-13-11-18(12-14-19)16-27-23(29)20-9-6-7-10-21(20)26-24(27)30/h6-7,9-10,17-19H,3-5,8,11-16H2,1-2H3,(H,25,28)(H,26,30)/t17-,18?,19?/m1/s1. The third-order valence-electron chi connectivity index (χ3n) is 6.66. The monoisotopic (exact) mass is 429 g/mol. The Labute approximate surface area is 184 Å². The highest BCUT2D eigenvalue weighted by molar-refractivity contribution is 7.71. The van der Waals surface area contributed by atoms with Gasteiger partial charge in [-0.15, -0.1) is 0 Å². The molecule has 0 spiro atoms. The number of amides is 1. The van der Waals surface area contributed by atoms with Crippen LogP contribution in [-0.4, -0.2) is 22.0 Å². The first kappa shape index (κ1) is 22.7. The zero-order valence-corrected chi connectivity index (χ0v) is 19.1. The zero-order chi connectivity index (χ0) is 21.5. The van der Waals surface area contributed by atoms with Crippen molar-refractivity contribution < 1.29 is 4.79 Å². The predicted molar refractivity (Wildman–Crippen MR) is 125 cm³/mol. The number of rotatable bonds is 9. The van der Waals surface area contributed by atoms with E-state index in [4.69, 9.17) is 12.2 Å². The Morgan fingerprint density at radius 3 is 2.67 bits per heavy atom. The lowest BCUT2D eigenvalue weighted by molar-refractivity contribution is -0.126. The summed E-state index contributed by atoms with van der Waals surface area (Å²) >= 11 is 5.44. The molecule has 6 heteroatoms. The fraction of sp³-hybridized carbons (Fsp3) is 0.625. The summed E-state index contributed by atoms with van der Waals surface area (Å²) in [6.07, 6.45) is 8.45. The van der Waals surface area contributed by atoms with E-state index < -0.39 is 0 Å². The van der Waals surface area contributed by atoms with E-state index >= 15 is 0 Å². The minimum atomic E-state index is -0.0214. The Bertz CT molecular complexity index is 957. The maximum atomic E-state index is 12.9. The number of nitrogens with zero attached hydrogens (tertiary/aromatic N) is 1. The Morgan fingerprint density at radius 1 is 1.23 bits per heavy atom. The summed E-state index contributed by atoms with van der Waals surface area (Å²) in [7, 11) is 0. The molecule has 1 amide bonds. The van der Waals surface area contributed by atoms with Gasteiger partial charge < -0.3 is 10.3 Å². The van der Waals surface area contributed by atoms with E-state index in [0.29, 0.717) is 28.5 Å². The predicted octanol–water partition coefficient (Wildman–Crippen LogP) is 5.20. The molecule has 2 aromatic rings. The molecule has 2 N–H and O–H groups in total. The molecule has 0 unspecified atom stereocenters. The summed E-state index contributed by atoms with van der Waals surface area (Å²) < 4.78 is 2.18. The lowest BCUT2D eigenvalue weighted by Crippen LogP contribution is -2.37. The number of aromatic nitrogens is 2. The Morgan fingerprint density at radius 2 is 1.97 bits per heavy atom. The Hall–Kier alpha value is -1.95. The number of aromatic amines is 1. The number of nitrogens with one attached hydrogen (secondary N) is 2. The summed E-state index contributed by atoms with van der Waals surface area (Å²) in [5, 5.41) is 3.87. The molecule has 1 aromatic heterocycles. The third kappa shape index (κ3) is 5.60. The fourth-order valence-electron chi connectivity index (χ4n) is 4.56. The molecule has 30 heavy (non-hydrogen) atoms.